The monoisotopic (exact) mass is 264 g/mol. The van der Waals surface area contributed by atoms with Crippen LogP contribution in [0, 0.1) is 22.2 Å². The highest BCUT2D eigenvalue weighted by Gasteiger charge is 2.41. The molecule has 108 valence electrons. The molecule has 1 heterocycles. The highest BCUT2D eigenvalue weighted by Crippen LogP contribution is 2.35. The first-order chi connectivity index (χ1) is 8.90. The average Bonchev–Trinajstić information content (AvgIpc) is 2.37. The van der Waals surface area contributed by atoms with Gasteiger partial charge in [-0.1, -0.05) is 40.5 Å². The Balaban J connectivity index is 2.81. The largest absolute Gasteiger partial charge is 0.341 e. The molecule has 1 fully saturated rings. The third kappa shape index (κ3) is 3.72. The van der Waals surface area contributed by atoms with E-state index in [1.54, 1.807) is 0 Å². The number of rotatable bonds is 5. The van der Waals surface area contributed by atoms with E-state index in [1.807, 2.05) is 18.7 Å². The minimum Gasteiger partial charge on any atom is -0.341 e. The number of carbonyl (C=O) groups excluding carboxylic acids is 1. The molecule has 0 aromatic heterocycles. The maximum Gasteiger partial charge on any atom is 0.243 e. The highest BCUT2D eigenvalue weighted by molar-refractivity contribution is 5.85. The molecule has 1 aliphatic heterocycles. The van der Waals surface area contributed by atoms with Crippen LogP contribution in [-0.2, 0) is 4.79 Å². The zero-order chi connectivity index (χ0) is 14.5. The van der Waals surface area contributed by atoms with Crippen molar-refractivity contribution in [3.63, 3.8) is 0 Å². The van der Waals surface area contributed by atoms with Gasteiger partial charge in [-0.2, -0.15) is 5.26 Å². The molecule has 1 aliphatic rings. The van der Waals surface area contributed by atoms with Gasteiger partial charge in [-0.05, 0) is 31.1 Å². The molecule has 0 aromatic rings. The van der Waals surface area contributed by atoms with E-state index >= 15 is 0 Å². The molecule has 1 amide bonds. The van der Waals surface area contributed by atoms with Crippen LogP contribution in [0.25, 0.3) is 0 Å². The Labute approximate surface area is 118 Å². The lowest BCUT2D eigenvalue weighted by Gasteiger charge is -2.40. The molecule has 0 aromatic carbocycles. The van der Waals surface area contributed by atoms with Crippen LogP contribution < -0.4 is 0 Å². The number of carbonyl (C=O) groups is 1. The van der Waals surface area contributed by atoms with Crippen molar-refractivity contribution in [3.8, 4) is 6.07 Å². The van der Waals surface area contributed by atoms with Gasteiger partial charge in [0, 0.05) is 13.1 Å². The number of likely N-dealkylation sites (tertiary alicyclic amines) is 1. The molecular formula is C16H28N2O. The van der Waals surface area contributed by atoms with Crippen LogP contribution >= 0.6 is 0 Å². The first-order valence-corrected chi connectivity index (χ1v) is 7.61. The van der Waals surface area contributed by atoms with E-state index in [4.69, 9.17) is 0 Å². The van der Waals surface area contributed by atoms with Gasteiger partial charge < -0.3 is 4.90 Å². The Morgan fingerprint density at radius 2 is 1.68 bits per heavy atom. The summed E-state index contributed by atoms with van der Waals surface area (Å²) in [5, 5.41) is 9.54. The van der Waals surface area contributed by atoms with Crippen LogP contribution in [0.3, 0.4) is 0 Å². The first-order valence-electron chi connectivity index (χ1n) is 7.61. The standard InChI is InChI=1S/C16H28N2O/c1-5-7-16(13-17,8-6-2)14(19)18-11-9-15(3,4)10-12-18/h5-12H2,1-4H3. The van der Waals surface area contributed by atoms with Gasteiger partial charge in [-0.3, -0.25) is 4.79 Å². The lowest BCUT2D eigenvalue weighted by Crippen LogP contribution is -2.48. The van der Waals surface area contributed by atoms with Gasteiger partial charge in [0.05, 0.1) is 6.07 Å². The van der Waals surface area contributed by atoms with E-state index in [2.05, 4.69) is 19.9 Å². The molecule has 0 aliphatic carbocycles. The van der Waals surface area contributed by atoms with Gasteiger partial charge in [0.25, 0.3) is 0 Å². The Kier molecular flexibility index (Phi) is 5.40. The third-order valence-corrected chi connectivity index (χ3v) is 4.38. The Morgan fingerprint density at radius 3 is 2.05 bits per heavy atom. The summed E-state index contributed by atoms with van der Waals surface area (Å²) in [6, 6.07) is 2.34. The van der Waals surface area contributed by atoms with Crippen LogP contribution in [0.2, 0.25) is 0 Å². The van der Waals surface area contributed by atoms with E-state index < -0.39 is 5.41 Å². The van der Waals surface area contributed by atoms with Crippen LogP contribution in [0.1, 0.15) is 66.2 Å². The summed E-state index contributed by atoms with van der Waals surface area (Å²) in [6.07, 6.45) is 5.24. The maximum atomic E-state index is 12.7. The smallest absolute Gasteiger partial charge is 0.243 e. The van der Waals surface area contributed by atoms with E-state index in [1.165, 1.54) is 0 Å². The molecule has 0 N–H and O–H groups in total. The normalized spacial score (nSPS) is 19.0. The second kappa shape index (κ2) is 6.41. The number of hydrogen-bond donors (Lipinski definition) is 0. The quantitative estimate of drug-likeness (QED) is 0.759. The third-order valence-electron chi connectivity index (χ3n) is 4.38. The van der Waals surface area contributed by atoms with Crippen LogP contribution in [-0.4, -0.2) is 23.9 Å². The molecule has 0 spiro atoms. The second-order valence-electron chi connectivity index (χ2n) is 6.65. The zero-order valence-corrected chi connectivity index (χ0v) is 13.0. The van der Waals surface area contributed by atoms with Gasteiger partial charge in [-0.15, -0.1) is 0 Å². The second-order valence-corrected chi connectivity index (χ2v) is 6.65. The summed E-state index contributed by atoms with van der Waals surface area (Å²) in [5.41, 5.74) is -0.438. The fourth-order valence-electron chi connectivity index (χ4n) is 2.97. The Morgan fingerprint density at radius 1 is 1.21 bits per heavy atom. The predicted octanol–water partition coefficient (Wildman–Crippen LogP) is 3.75. The lowest BCUT2D eigenvalue weighted by atomic mass is 9.77. The van der Waals surface area contributed by atoms with Crippen molar-refractivity contribution < 1.29 is 4.79 Å². The van der Waals surface area contributed by atoms with Crippen molar-refractivity contribution in [1.82, 2.24) is 4.90 Å². The van der Waals surface area contributed by atoms with Crippen molar-refractivity contribution >= 4 is 5.91 Å². The van der Waals surface area contributed by atoms with Gasteiger partial charge in [0.15, 0.2) is 0 Å². The van der Waals surface area contributed by atoms with Crippen molar-refractivity contribution in [2.75, 3.05) is 13.1 Å². The van der Waals surface area contributed by atoms with Crippen molar-refractivity contribution in [2.24, 2.45) is 10.8 Å². The van der Waals surface area contributed by atoms with Crippen LogP contribution in [0.4, 0.5) is 0 Å². The minimum atomic E-state index is -0.773. The maximum absolute atomic E-state index is 12.7. The number of nitriles is 1. The van der Waals surface area contributed by atoms with E-state index in [9.17, 15) is 10.1 Å². The zero-order valence-electron chi connectivity index (χ0n) is 13.0. The molecule has 0 saturated carbocycles. The summed E-state index contributed by atoms with van der Waals surface area (Å²) in [6.45, 7) is 10.2. The van der Waals surface area contributed by atoms with E-state index in [0.717, 1.165) is 38.8 Å². The number of piperidine rings is 1. The number of hydrogen-bond acceptors (Lipinski definition) is 2. The van der Waals surface area contributed by atoms with Crippen molar-refractivity contribution in [2.45, 2.75) is 66.2 Å². The molecule has 3 heteroatoms. The summed E-state index contributed by atoms with van der Waals surface area (Å²) >= 11 is 0. The van der Waals surface area contributed by atoms with Gasteiger partial charge in [0.2, 0.25) is 5.91 Å². The summed E-state index contributed by atoms with van der Waals surface area (Å²) in [5.74, 6) is 0.0780. The summed E-state index contributed by atoms with van der Waals surface area (Å²) < 4.78 is 0. The molecule has 0 radical (unpaired) electrons. The topological polar surface area (TPSA) is 44.1 Å². The Hall–Kier alpha value is -1.04. The van der Waals surface area contributed by atoms with Gasteiger partial charge in [-0.25, -0.2) is 0 Å². The minimum absolute atomic E-state index is 0.0780. The molecule has 1 rings (SSSR count). The molecule has 3 nitrogen and oxygen atoms in total. The average molecular weight is 264 g/mol. The molecule has 0 unspecified atom stereocenters. The van der Waals surface area contributed by atoms with Crippen LogP contribution in [0.5, 0.6) is 0 Å². The fourth-order valence-corrected chi connectivity index (χ4v) is 2.97. The van der Waals surface area contributed by atoms with Crippen molar-refractivity contribution in [3.05, 3.63) is 0 Å². The van der Waals surface area contributed by atoms with Gasteiger partial charge in [0.1, 0.15) is 5.41 Å². The lowest BCUT2D eigenvalue weighted by molar-refractivity contribution is -0.142. The number of nitrogens with zero attached hydrogens (tertiary/aromatic N) is 2. The molecular weight excluding hydrogens is 236 g/mol. The van der Waals surface area contributed by atoms with Gasteiger partial charge >= 0.3 is 0 Å². The highest BCUT2D eigenvalue weighted by atomic mass is 16.2. The molecule has 0 bridgehead atoms. The SMILES string of the molecule is CCCC(C#N)(CCC)C(=O)N1CCC(C)(C)CC1. The molecule has 19 heavy (non-hydrogen) atoms. The first kappa shape index (κ1) is 16.0. The Bertz CT molecular complexity index is 338. The molecule has 0 atom stereocenters. The van der Waals surface area contributed by atoms with E-state index in [0.29, 0.717) is 18.3 Å². The predicted molar refractivity (Wildman–Crippen MR) is 77.5 cm³/mol. The summed E-state index contributed by atoms with van der Waals surface area (Å²) in [7, 11) is 0. The van der Waals surface area contributed by atoms with E-state index in [-0.39, 0.29) is 5.91 Å². The summed E-state index contributed by atoms with van der Waals surface area (Å²) in [4.78, 5) is 14.7. The van der Waals surface area contributed by atoms with Crippen molar-refractivity contribution in [1.29, 1.82) is 5.26 Å². The fraction of sp³-hybridized carbons (Fsp3) is 0.875. The number of amides is 1. The van der Waals surface area contributed by atoms with Crippen LogP contribution in [0.15, 0.2) is 0 Å². The molecule has 1 saturated heterocycles.